The van der Waals surface area contributed by atoms with Gasteiger partial charge in [0.25, 0.3) is 0 Å². The zero-order valence-electron chi connectivity index (χ0n) is 22.2. The molecule has 0 aromatic heterocycles. The second kappa shape index (κ2) is 13.4. The van der Waals surface area contributed by atoms with E-state index in [2.05, 4.69) is 0 Å². The second-order valence-corrected chi connectivity index (χ2v) is 9.25. The minimum atomic E-state index is -1.50. The highest BCUT2D eigenvalue weighted by atomic mass is 16.7. The summed E-state index contributed by atoms with van der Waals surface area (Å²) in [6, 6.07) is 32.6. The van der Waals surface area contributed by atoms with Gasteiger partial charge < -0.3 is 23.7 Å². The molecule has 4 aromatic rings. The fourth-order valence-corrected chi connectivity index (χ4v) is 4.27. The van der Waals surface area contributed by atoms with Gasteiger partial charge in [-0.15, -0.1) is 0 Å². The highest BCUT2D eigenvalue weighted by molar-refractivity contribution is 5.91. The Morgan fingerprint density at radius 1 is 0.452 bits per heavy atom. The van der Waals surface area contributed by atoms with E-state index in [9.17, 15) is 19.2 Å². The molecule has 212 valence electrons. The molecule has 0 bridgehead atoms. The minimum absolute atomic E-state index is 0.196. The molecule has 1 saturated heterocycles. The van der Waals surface area contributed by atoms with Crippen LogP contribution in [0, 0.1) is 0 Å². The molecule has 1 aliphatic heterocycles. The van der Waals surface area contributed by atoms with Crippen LogP contribution in [0.4, 0.5) is 0 Å². The van der Waals surface area contributed by atoms with Crippen LogP contribution >= 0.6 is 0 Å². The first-order chi connectivity index (χ1) is 20.5. The molecule has 4 atom stereocenters. The van der Waals surface area contributed by atoms with E-state index in [4.69, 9.17) is 23.7 Å². The molecule has 0 N–H and O–H groups in total. The van der Waals surface area contributed by atoms with E-state index in [1.165, 1.54) is 12.1 Å². The van der Waals surface area contributed by atoms with Crippen LogP contribution in [-0.4, -0.2) is 55.1 Å². The lowest BCUT2D eigenvalue weighted by atomic mass is 10.0. The van der Waals surface area contributed by atoms with Crippen LogP contribution in [0.3, 0.4) is 0 Å². The molecular formula is C33H26O9. The van der Waals surface area contributed by atoms with Gasteiger partial charge in [-0.05, 0) is 48.5 Å². The van der Waals surface area contributed by atoms with Gasteiger partial charge in [-0.3, -0.25) is 0 Å². The molecule has 0 unspecified atom stereocenters. The standard InChI is InChI=1S/C33H26O9/c34-29(22-13-5-1-6-14-22)39-26-21-38-33(42-32(37)25-19-11-4-12-20-25)28(41-31(36)24-17-9-3-10-18-24)27(26)40-30(35)23-15-7-2-8-16-23/h1-20,26-28,33H,21H2/t26-,27-,28-,33+/m1/s1. The van der Waals surface area contributed by atoms with E-state index in [-0.39, 0.29) is 28.9 Å². The Morgan fingerprint density at radius 3 is 1.19 bits per heavy atom. The van der Waals surface area contributed by atoms with Crippen molar-refractivity contribution in [2.24, 2.45) is 0 Å². The number of esters is 4. The van der Waals surface area contributed by atoms with E-state index in [1.54, 1.807) is 109 Å². The number of rotatable bonds is 8. The Bertz CT molecular complexity index is 1390. The maximum absolute atomic E-state index is 13.2. The molecule has 1 fully saturated rings. The van der Waals surface area contributed by atoms with Crippen LogP contribution in [0.5, 0.6) is 0 Å². The van der Waals surface area contributed by atoms with Gasteiger partial charge in [0.15, 0.2) is 12.2 Å². The third kappa shape index (κ3) is 6.89. The fourth-order valence-electron chi connectivity index (χ4n) is 4.27. The van der Waals surface area contributed by atoms with Gasteiger partial charge in [0.05, 0.1) is 28.9 Å². The van der Waals surface area contributed by atoms with Crippen molar-refractivity contribution in [1.82, 2.24) is 0 Å². The molecule has 0 saturated carbocycles. The minimum Gasteiger partial charge on any atom is -0.452 e. The van der Waals surface area contributed by atoms with Crippen LogP contribution in [0.1, 0.15) is 41.4 Å². The molecule has 0 amide bonds. The van der Waals surface area contributed by atoms with Crippen molar-refractivity contribution in [3.8, 4) is 0 Å². The van der Waals surface area contributed by atoms with Gasteiger partial charge >= 0.3 is 23.9 Å². The van der Waals surface area contributed by atoms with Crippen LogP contribution in [0.25, 0.3) is 0 Å². The summed E-state index contributed by atoms with van der Waals surface area (Å²) in [5, 5.41) is 0. The summed E-state index contributed by atoms with van der Waals surface area (Å²) >= 11 is 0. The number of ether oxygens (including phenoxy) is 5. The summed E-state index contributed by atoms with van der Waals surface area (Å²) in [4.78, 5) is 52.4. The molecule has 1 heterocycles. The molecule has 5 rings (SSSR count). The first-order valence-corrected chi connectivity index (χ1v) is 13.2. The number of carbonyl (C=O) groups is 4. The summed E-state index contributed by atoms with van der Waals surface area (Å²) in [6.07, 6.45) is -5.61. The highest BCUT2D eigenvalue weighted by Crippen LogP contribution is 2.28. The SMILES string of the molecule is O=C(O[C@@H]1OC[C@@H](OC(=O)c2ccccc2)[C@@H](OC(=O)c2ccccc2)[C@H]1OC(=O)c1ccccc1)c1ccccc1. The van der Waals surface area contributed by atoms with Gasteiger partial charge in [-0.25, -0.2) is 19.2 Å². The zero-order chi connectivity index (χ0) is 29.3. The van der Waals surface area contributed by atoms with E-state index in [0.29, 0.717) is 0 Å². The largest absolute Gasteiger partial charge is 0.452 e. The predicted octanol–water partition coefficient (Wildman–Crippen LogP) is 4.88. The average Bonchev–Trinajstić information content (AvgIpc) is 3.05. The third-order valence-electron chi connectivity index (χ3n) is 6.39. The Hall–Kier alpha value is -5.28. The van der Waals surface area contributed by atoms with Crippen molar-refractivity contribution in [3.63, 3.8) is 0 Å². The molecule has 4 aromatic carbocycles. The number of benzene rings is 4. The van der Waals surface area contributed by atoms with Gasteiger partial charge in [0, 0.05) is 0 Å². The highest BCUT2D eigenvalue weighted by Gasteiger charge is 2.50. The van der Waals surface area contributed by atoms with Gasteiger partial charge in [0.1, 0.15) is 0 Å². The number of hydrogen-bond donors (Lipinski definition) is 0. The lowest BCUT2D eigenvalue weighted by Gasteiger charge is -2.40. The summed E-state index contributed by atoms with van der Waals surface area (Å²) < 4.78 is 28.7. The van der Waals surface area contributed by atoms with Crippen LogP contribution < -0.4 is 0 Å². The van der Waals surface area contributed by atoms with Crippen molar-refractivity contribution in [2.45, 2.75) is 24.6 Å². The van der Waals surface area contributed by atoms with Gasteiger partial charge in [-0.1, -0.05) is 72.8 Å². The molecular weight excluding hydrogens is 540 g/mol. The second-order valence-electron chi connectivity index (χ2n) is 9.25. The molecule has 42 heavy (non-hydrogen) atoms. The normalized spacial score (nSPS) is 19.6. The van der Waals surface area contributed by atoms with Crippen molar-refractivity contribution >= 4 is 23.9 Å². The fraction of sp³-hybridized carbons (Fsp3) is 0.152. The molecule has 9 heteroatoms. The lowest BCUT2D eigenvalue weighted by Crippen LogP contribution is -2.58. The zero-order valence-corrected chi connectivity index (χ0v) is 22.2. The summed E-state index contributed by atoms with van der Waals surface area (Å²) in [5.74, 6) is -3.02. The van der Waals surface area contributed by atoms with Crippen LogP contribution in [0.15, 0.2) is 121 Å². The summed E-state index contributed by atoms with van der Waals surface area (Å²) in [6.45, 7) is -0.322. The van der Waals surface area contributed by atoms with E-state index in [0.717, 1.165) is 0 Å². The van der Waals surface area contributed by atoms with Crippen molar-refractivity contribution in [3.05, 3.63) is 144 Å². The Kier molecular flexibility index (Phi) is 9.00. The van der Waals surface area contributed by atoms with Gasteiger partial charge in [0.2, 0.25) is 12.4 Å². The number of hydrogen-bond acceptors (Lipinski definition) is 9. The lowest BCUT2D eigenvalue weighted by molar-refractivity contribution is -0.250. The van der Waals surface area contributed by atoms with Crippen LogP contribution in [0.2, 0.25) is 0 Å². The monoisotopic (exact) mass is 566 g/mol. The van der Waals surface area contributed by atoms with Crippen LogP contribution in [-0.2, 0) is 23.7 Å². The van der Waals surface area contributed by atoms with E-state index < -0.39 is 48.5 Å². The van der Waals surface area contributed by atoms with Crippen molar-refractivity contribution in [2.75, 3.05) is 6.61 Å². The van der Waals surface area contributed by atoms with Gasteiger partial charge in [-0.2, -0.15) is 0 Å². The maximum atomic E-state index is 13.2. The Labute approximate surface area is 241 Å². The average molecular weight is 567 g/mol. The maximum Gasteiger partial charge on any atom is 0.340 e. The molecule has 0 spiro atoms. The van der Waals surface area contributed by atoms with E-state index >= 15 is 0 Å². The molecule has 0 aliphatic carbocycles. The first-order valence-electron chi connectivity index (χ1n) is 13.2. The quantitative estimate of drug-likeness (QED) is 0.218. The van der Waals surface area contributed by atoms with Crippen molar-refractivity contribution < 1.29 is 42.9 Å². The Balaban J connectivity index is 1.48. The molecule has 0 radical (unpaired) electrons. The smallest absolute Gasteiger partial charge is 0.340 e. The third-order valence-corrected chi connectivity index (χ3v) is 6.39. The summed E-state index contributed by atoms with van der Waals surface area (Å²) in [7, 11) is 0. The summed E-state index contributed by atoms with van der Waals surface area (Å²) in [5.41, 5.74) is 0.885. The molecule has 1 aliphatic rings. The van der Waals surface area contributed by atoms with Crippen molar-refractivity contribution in [1.29, 1.82) is 0 Å². The predicted molar refractivity (Wildman–Crippen MR) is 149 cm³/mol. The first kappa shape index (κ1) is 28.3. The molecule has 9 nitrogen and oxygen atoms in total. The number of carbonyl (C=O) groups excluding carboxylic acids is 4. The van der Waals surface area contributed by atoms with E-state index in [1.807, 2.05) is 0 Å². The Morgan fingerprint density at radius 2 is 0.786 bits per heavy atom. The topological polar surface area (TPSA) is 114 Å².